The largest absolute Gasteiger partial charge is 0.457 e. The van der Waals surface area contributed by atoms with Crippen LogP contribution in [0, 0.1) is 5.92 Å². The molecular weight excluding hydrogens is 489 g/mol. The Labute approximate surface area is 228 Å². The van der Waals surface area contributed by atoms with E-state index >= 15 is 0 Å². The molecular formula is C28H45BClN3O4. The highest BCUT2D eigenvalue weighted by atomic mass is 35.5. The summed E-state index contributed by atoms with van der Waals surface area (Å²) in [5.74, 6) is -0.347. The molecule has 2 fully saturated rings. The van der Waals surface area contributed by atoms with E-state index in [0.29, 0.717) is 18.0 Å². The SMILES string of the molecule is CC(=O)NC(CCCCB1OC(C)(C)C(C)(C)O1)(C(=O)NC(C)(C)C)C1CCN(c2ccc(Cl)cc2)C1. The first kappa shape index (κ1) is 29.8. The number of benzene rings is 1. The fraction of sp³-hybridized carbons (Fsp3) is 0.714. The zero-order valence-corrected chi connectivity index (χ0v) is 24.6. The summed E-state index contributed by atoms with van der Waals surface area (Å²) >= 11 is 6.09. The lowest BCUT2D eigenvalue weighted by Gasteiger charge is -2.40. The fourth-order valence-corrected chi connectivity index (χ4v) is 5.46. The summed E-state index contributed by atoms with van der Waals surface area (Å²) in [4.78, 5) is 28.7. The number of rotatable bonds is 9. The minimum absolute atomic E-state index is 0.0359. The lowest BCUT2D eigenvalue weighted by atomic mass is 9.75. The van der Waals surface area contributed by atoms with Crippen LogP contribution in [0.15, 0.2) is 24.3 Å². The molecule has 0 aliphatic carbocycles. The first-order chi connectivity index (χ1) is 17.0. The van der Waals surface area contributed by atoms with E-state index in [1.807, 2.05) is 45.0 Å². The third-order valence-electron chi connectivity index (χ3n) is 7.93. The predicted molar refractivity (Wildman–Crippen MR) is 151 cm³/mol. The molecule has 0 spiro atoms. The second kappa shape index (κ2) is 11.2. The molecule has 2 N–H and O–H groups in total. The molecule has 2 unspecified atom stereocenters. The van der Waals surface area contributed by atoms with Crippen molar-refractivity contribution in [2.24, 2.45) is 5.92 Å². The third-order valence-corrected chi connectivity index (χ3v) is 8.18. The van der Waals surface area contributed by atoms with E-state index in [9.17, 15) is 9.59 Å². The Morgan fingerprint density at radius 1 is 1.05 bits per heavy atom. The van der Waals surface area contributed by atoms with Crippen molar-refractivity contribution in [2.75, 3.05) is 18.0 Å². The van der Waals surface area contributed by atoms with Crippen molar-refractivity contribution in [3.63, 3.8) is 0 Å². The van der Waals surface area contributed by atoms with Crippen LogP contribution in [0.1, 0.15) is 81.1 Å². The number of carbonyl (C=O) groups is 2. The molecule has 2 amide bonds. The molecule has 0 bridgehead atoms. The van der Waals surface area contributed by atoms with E-state index in [0.717, 1.165) is 37.8 Å². The predicted octanol–water partition coefficient (Wildman–Crippen LogP) is 5.22. The zero-order chi connectivity index (χ0) is 27.6. The van der Waals surface area contributed by atoms with E-state index in [2.05, 4.69) is 43.2 Å². The minimum Gasteiger partial charge on any atom is -0.403 e. The molecule has 9 heteroatoms. The van der Waals surface area contributed by atoms with Gasteiger partial charge >= 0.3 is 7.12 Å². The number of hydrogen-bond donors (Lipinski definition) is 2. The summed E-state index contributed by atoms with van der Waals surface area (Å²) in [6.07, 6.45) is 3.68. The van der Waals surface area contributed by atoms with Crippen LogP contribution in [0.2, 0.25) is 11.3 Å². The van der Waals surface area contributed by atoms with Gasteiger partial charge in [-0.15, -0.1) is 0 Å². The normalized spacial score (nSPS) is 22.6. The number of hydrogen-bond acceptors (Lipinski definition) is 5. The highest BCUT2D eigenvalue weighted by molar-refractivity contribution is 6.45. The second-order valence-electron chi connectivity index (χ2n) is 12.7. The summed E-state index contributed by atoms with van der Waals surface area (Å²) in [7, 11) is -0.268. The van der Waals surface area contributed by atoms with Gasteiger partial charge in [0.15, 0.2) is 0 Å². The van der Waals surface area contributed by atoms with Gasteiger partial charge in [-0.25, -0.2) is 0 Å². The zero-order valence-electron chi connectivity index (χ0n) is 23.9. The standard InChI is InChI=1S/C28H45BClN3O4/c1-20(34)31-28(24(35)32-25(2,3)4,16-9-10-17-29-36-26(5,6)27(7,8)37-29)21-15-18-33(19-21)23-13-11-22(30)12-14-23/h11-14,21H,9-10,15-19H2,1-8H3,(H,31,34)(H,32,35). The molecule has 2 heterocycles. The Morgan fingerprint density at radius 2 is 1.65 bits per heavy atom. The van der Waals surface area contributed by atoms with Crippen LogP contribution in [0.3, 0.4) is 0 Å². The summed E-state index contributed by atoms with van der Waals surface area (Å²) in [5.41, 5.74) is -1.08. The number of nitrogens with zero attached hydrogens (tertiary/aromatic N) is 1. The molecule has 2 aliphatic heterocycles. The molecule has 2 saturated heterocycles. The first-order valence-corrected chi connectivity index (χ1v) is 13.9. The Morgan fingerprint density at radius 3 is 2.19 bits per heavy atom. The van der Waals surface area contributed by atoms with Gasteiger partial charge in [-0.2, -0.15) is 0 Å². The molecule has 0 saturated carbocycles. The molecule has 2 aliphatic rings. The molecule has 1 aromatic carbocycles. The highest BCUT2D eigenvalue weighted by Crippen LogP contribution is 2.39. The number of carbonyl (C=O) groups excluding carboxylic acids is 2. The van der Waals surface area contributed by atoms with Gasteiger partial charge in [-0.1, -0.05) is 24.4 Å². The van der Waals surface area contributed by atoms with E-state index in [-0.39, 0.29) is 36.1 Å². The van der Waals surface area contributed by atoms with Crippen molar-refractivity contribution in [3.8, 4) is 0 Å². The average Bonchev–Trinajstić information content (AvgIpc) is 3.32. The molecule has 37 heavy (non-hydrogen) atoms. The Hall–Kier alpha value is -1.77. The van der Waals surface area contributed by atoms with E-state index in [4.69, 9.17) is 20.9 Å². The third kappa shape index (κ3) is 7.21. The maximum atomic E-state index is 13.9. The molecule has 0 radical (unpaired) electrons. The monoisotopic (exact) mass is 533 g/mol. The summed E-state index contributed by atoms with van der Waals surface area (Å²) in [5, 5.41) is 6.99. The maximum absolute atomic E-state index is 13.9. The fourth-order valence-electron chi connectivity index (χ4n) is 5.34. The van der Waals surface area contributed by atoms with Gasteiger partial charge in [0.1, 0.15) is 5.54 Å². The van der Waals surface area contributed by atoms with Crippen LogP contribution in [-0.2, 0) is 18.9 Å². The quantitative estimate of drug-likeness (QED) is 0.336. The second-order valence-corrected chi connectivity index (χ2v) is 13.1. The van der Waals surface area contributed by atoms with Gasteiger partial charge in [0.2, 0.25) is 11.8 Å². The van der Waals surface area contributed by atoms with Crippen LogP contribution < -0.4 is 15.5 Å². The molecule has 206 valence electrons. The number of halogens is 1. The van der Waals surface area contributed by atoms with Crippen LogP contribution in [0.25, 0.3) is 0 Å². The highest BCUT2D eigenvalue weighted by Gasteiger charge is 2.51. The lowest BCUT2D eigenvalue weighted by molar-refractivity contribution is -0.136. The van der Waals surface area contributed by atoms with E-state index < -0.39 is 11.1 Å². The summed E-state index contributed by atoms with van der Waals surface area (Å²) in [6, 6.07) is 7.77. The van der Waals surface area contributed by atoms with Crippen LogP contribution in [0.5, 0.6) is 0 Å². The molecule has 0 aromatic heterocycles. The van der Waals surface area contributed by atoms with Crippen molar-refractivity contribution in [1.82, 2.24) is 10.6 Å². The Balaban J connectivity index is 1.77. The molecule has 1 aromatic rings. The van der Waals surface area contributed by atoms with Crippen molar-refractivity contribution in [1.29, 1.82) is 0 Å². The van der Waals surface area contributed by atoms with Crippen molar-refractivity contribution < 1.29 is 18.9 Å². The number of unbranched alkanes of at least 4 members (excludes halogenated alkanes) is 1. The van der Waals surface area contributed by atoms with Gasteiger partial charge in [-0.05, 0) is 91.9 Å². The smallest absolute Gasteiger partial charge is 0.403 e. The van der Waals surface area contributed by atoms with Crippen molar-refractivity contribution in [3.05, 3.63) is 29.3 Å². The minimum atomic E-state index is -1.00. The summed E-state index contributed by atoms with van der Waals surface area (Å²) in [6.45, 7) is 17.1. The Kier molecular flexibility index (Phi) is 8.98. The topological polar surface area (TPSA) is 79.9 Å². The first-order valence-electron chi connectivity index (χ1n) is 13.5. The maximum Gasteiger partial charge on any atom is 0.457 e. The average molecular weight is 534 g/mol. The van der Waals surface area contributed by atoms with Gasteiger partial charge in [0.25, 0.3) is 0 Å². The van der Waals surface area contributed by atoms with Gasteiger partial charge in [-0.3, -0.25) is 9.59 Å². The van der Waals surface area contributed by atoms with Crippen LogP contribution in [0.4, 0.5) is 5.69 Å². The number of amides is 2. The van der Waals surface area contributed by atoms with Crippen molar-refractivity contribution in [2.45, 2.75) is 110 Å². The van der Waals surface area contributed by atoms with Crippen LogP contribution in [-0.4, -0.2) is 54.3 Å². The number of anilines is 1. The summed E-state index contributed by atoms with van der Waals surface area (Å²) < 4.78 is 12.3. The molecule has 3 rings (SSSR count). The Bertz CT molecular complexity index is 947. The molecule has 7 nitrogen and oxygen atoms in total. The van der Waals surface area contributed by atoms with Gasteiger partial charge in [0, 0.05) is 42.2 Å². The van der Waals surface area contributed by atoms with Gasteiger partial charge < -0.3 is 24.8 Å². The molecule has 2 atom stereocenters. The lowest BCUT2D eigenvalue weighted by Crippen LogP contribution is -2.65. The van der Waals surface area contributed by atoms with E-state index in [1.54, 1.807) is 0 Å². The van der Waals surface area contributed by atoms with Gasteiger partial charge in [0.05, 0.1) is 11.2 Å². The van der Waals surface area contributed by atoms with Crippen molar-refractivity contribution >= 4 is 36.2 Å². The van der Waals surface area contributed by atoms with E-state index in [1.165, 1.54) is 6.92 Å². The van der Waals surface area contributed by atoms with Crippen LogP contribution >= 0.6 is 11.6 Å². The number of nitrogens with one attached hydrogen (secondary N) is 2.